The van der Waals surface area contributed by atoms with Gasteiger partial charge in [-0.1, -0.05) is 34.1 Å². The van der Waals surface area contributed by atoms with Gasteiger partial charge in [0.05, 0.1) is 5.69 Å². The van der Waals surface area contributed by atoms with Crippen molar-refractivity contribution in [3.63, 3.8) is 0 Å². The number of rotatable bonds is 7. The Morgan fingerprint density at radius 2 is 2.24 bits per heavy atom. The summed E-state index contributed by atoms with van der Waals surface area (Å²) in [6.07, 6.45) is 2.28. The lowest BCUT2D eigenvalue weighted by atomic mass is 10.2. The van der Waals surface area contributed by atoms with Crippen LogP contribution in [0.5, 0.6) is 0 Å². The number of hydrogen-bond donors (Lipinski definition) is 1. The van der Waals surface area contributed by atoms with Crippen LogP contribution in [0.4, 0.5) is 5.13 Å². The first-order chi connectivity index (χ1) is 10.1. The normalized spacial score (nSPS) is 19.5. The van der Waals surface area contributed by atoms with E-state index >= 15 is 0 Å². The molecule has 21 heavy (non-hydrogen) atoms. The van der Waals surface area contributed by atoms with Gasteiger partial charge >= 0.3 is 0 Å². The largest absolute Gasteiger partial charge is 0.346 e. The average molecular weight is 328 g/mol. The van der Waals surface area contributed by atoms with Gasteiger partial charge in [0, 0.05) is 35.5 Å². The summed E-state index contributed by atoms with van der Waals surface area (Å²) in [6, 6.07) is 0. The Morgan fingerprint density at radius 3 is 2.90 bits per heavy atom. The molecule has 0 aromatic carbocycles. The minimum absolute atomic E-state index is 0.701. The van der Waals surface area contributed by atoms with E-state index in [-0.39, 0.29) is 0 Å². The van der Waals surface area contributed by atoms with E-state index in [2.05, 4.69) is 49.7 Å². The number of nitrogens with zero attached hydrogens (tertiary/aromatic N) is 2. The lowest BCUT2D eigenvalue weighted by Gasteiger charge is -2.30. The number of thiazole rings is 1. The fourth-order valence-electron chi connectivity index (χ4n) is 2.54. The van der Waals surface area contributed by atoms with Crippen LogP contribution in [0.2, 0.25) is 0 Å². The molecule has 1 aliphatic rings. The van der Waals surface area contributed by atoms with Crippen LogP contribution in [-0.4, -0.2) is 35.6 Å². The van der Waals surface area contributed by atoms with Crippen molar-refractivity contribution in [2.75, 3.05) is 30.3 Å². The van der Waals surface area contributed by atoms with Crippen LogP contribution in [0.3, 0.4) is 0 Å². The second-order valence-corrected chi connectivity index (χ2v) is 8.88. The molecule has 5 heteroatoms. The third-order valence-electron chi connectivity index (χ3n) is 3.60. The second-order valence-electron chi connectivity index (χ2n) is 6.27. The van der Waals surface area contributed by atoms with Gasteiger partial charge in [-0.2, -0.15) is 11.8 Å². The van der Waals surface area contributed by atoms with Gasteiger partial charge in [-0.05, 0) is 18.9 Å². The molecule has 0 bridgehead atoms. The molecule has 0 saturated carbocycles. The Morgan fingerprint density at radius 1 is 1.43 bits per heavy atom. The molecule has 1 aromatic heterocycles. The molecule has 120 valence electrons. The average Bonchev–Trinajstić information content (AvgIpc) is 2.82. The minimum Gasteiger partial charge on any atom is -0.346 e. The predicted molar refractivity (Wildman–Crippen MR) is 96.8 cm³/mol. The fourth-order valence-corrected chi connectivity index (χ4v) is 4.67. The lowest BCUT2D eigenvalue weighted by Crippen LogP contribution is -2.36. The van der Waals surface area contributed by atoms with Crippen LogP contribution in [-0.2, 0) is 13.0 Å². The van der Waals surface area contributed by atoms with E-state index in [0.29, 0.717) is 5.92 Å². The lowest BCUT2D eigenvalue weighted by molar-refractivity contribution is 0.553. The van der Waals surface area contributed by atoms with Crippen LogP contribution >= 0.6 is 23.1 Å². The van der Waals surface area contributed by atoms with Crippen LogP contribution in [0.25, 0.3) is 0 Å². The van der Waals surface area contributed by atoms with Crippen molar-refractivity contribution in [3.05, 3.63) is 10.6 Å². The molecular weight excluding hydrogens is 298 g/mol. The summed E-state index contributed by atoms with van der Waals surface area (Å²) in [5.74, 6) is 1.93. The monoisotopic (exact) mass is 327 g/mol. The van der Waals surface area contributed by atoms with Gasteiger partial charge in [0.2, 0.25) is 0 Å². The highest BCUT2D eigenvalue weighted by Gasteiger charge is 2.21. The molecule has 0 spiro atoms. The molecule has 1 unspecified atom stereocenters. The van der Waals surface area contributed by atoms with Crippen molar-refractivity contribution in [2.45, 2.75) is 52.3 Å². The summed E-state index contributed by atoms with van der Waals surface area (Å²) < 4.78 is 0. The molecule has 0 aliphatic carbocycles. The summed E-state index contributed by atoms with van der Waals surface area (Å²) >= 11 is 3.98. The van der Waals surface area contributed by atoms with Crippen molar-refractivity contribution in [1.82, 2.24) is 10.3 Å². The van der Waals surface area contributed by atoms with Gasteiger partial charge in [-0.25, -0.2) is 4.98 Å². The highest BCUT2D eigenvalue weighted by atomic mass is 32.2. The van der Waals surface area contributed by atoms with Crippen molar-refractivity contribution >= 4 is 28.2 Å². The number of aromatic nitrogens is 1. The maximum atomic E-state index is 4.95. The van der Waals surface area contributed by atoms with E-state index in [0.717, 1.165) is 37.8 Å². The smallest absolute Gasteiger partial charge is 0.185 e. The Balaban J connectivity index is 2.04. The quantitative estimate of drug-likeness (QED) is 0.825. The van der Waals surface area contributed by atoms with Gasteiger partial charge in [0.25, 0.3) is 0 Å². The first-order valence-electron chi connectivity index (χ1n) is 8.16. The Hall–Kier alpha value is -0.260. The van der Waals surface area contributed by atoms with Crippen LogP contribution in [0, 0.1) is 5.92 Å². The van der Waals surface area contributed by atoms with Crippen molar-refractivity contribution in [3.8, 4) is 0 Å². The van der Waals surface area contributed by atoms with Gasteiger partial charge in [0.1, 0.15) is 0 Å². The minimum atomic E-state index is 0.701. The van der Waals surface area contributed by atoms with Crippen molar-refractivity contribution in [1.29, 1.82) is 0 Å². The molecule has 2 rings (SSSR count). The standard InChI is InChI=1S/C16H29N3S2/c1-5-6-14-15(10-17-9-12(2)3)21-16(18-14)19-7-8-20-13(4)11-19/h12-13,17H,5-11H2,1-4H3. The number of anilines is 1. The molecule has 2 heterocycles. The van der Waals surface area contributed by atoms with E-state index < -0.39 is 0 Å². The van der Waals surface area contributed by atoms with Crippen LogP contribution in [0.1, 0.15) is 44.7 Å². The molecule has 1 aliphatic heterocycles. The topological polar surface area (TPSA) is 28.2 Å². The summed E-state index contributed by atoms with van der Waals surface area (Å²) in [4.78, 5) is 8.88. The zero-order valence-corrected chi connectivity index (χ0v) is 15.4. The summed E-state index contributed by atoms with van der Waals surface area (Å²) in [5, 5.41) is 5.54. The Bertz CT molecular complexity index is 431. The van der Waals surface area contributed by atoms with Crippen molar-refractivity contribution < 1.29 is 0 Å². The Kier molecular flexibility index (Phi) is 6.83. The van der Waals surface area contributed by atoms with Gasteiger partial charge in [0.15, 0.2) is 5.13 Å². The zero-order chi connectivity index (χ0) is 15.2. The number of hydrogen-bond acceptors (Lipinski definition) is 5. The maximum Gasteiger partial charge on any atom is 0.185 e. The molecule has 1 N–H and O–H groups in total. The molecule has 1 saturated heterocycles. The SMILES string of the molecule is CCCc1nc(N2CCSC(C)C2)sc1CNCC(C)C. The van der Waals surface area contributed by atoms with E-state index in [1.807, 2.05) is 11.3 Å². The third-order valence-corrected chi connectivity index (χ3v) is 5.90. The highest BCUT2D eigenvalue weighted by molar-refractivity contribution is 8.00. The molecule has 0 amide bonds. The number of thioether (sulfide) groups is 1. The molecule has 1 atom stereocenters. The van der Waals surface area contributed by atoms with E-state index in [4.69, 9.17) is 4.98 Å². The zero-order valence-electron chi connectivity index (χ0n) is 13.8. The summed E-state index contributed by atoms with van der Waals surface area (Å²) in [7, 11) is 0. The highest BCUT2D eigenvalue weighted by Crippen LogP contribution is 2.30. The first-order valence-corrected chi connectivity index (χ1v) is 10.0. The predicted octanol–water partition coefficient (Wildman–Crippen LogP) is 3.78. The van der Waals surface area contributed by atoms with Gasteiger partial charge in [-0.3, -0.25) is 0 Å². The molecule has 3 nitrogen and oxygen atoms in total. The van der Waals surface area contributed by atoms with E-state index in [9.17, 15) is 0 Å². The Labute approximate surface area is 137 Å². The summed E-state index contributed by atoms with van der Waals surface area (Å²) in [6.45, 7) is 13.4. The number of nitrogens with one attached hydrogen (secondary N) is 1. The molecular formula is C16H29N3S2. The summed E-state index contributed by atoms with van der Waals surface area (Å²) in [5.41, 5.74) is 1.32. The first kappa shape index (κ1) is 17.1. The van der Waals surface area contributed by atoms with Gasteiger partial charge < -0.3 is 10.2 Å². The van der Waals surface area contributed by atoms with E-state index in [1.165, 1.54) is 27.9 Å². The van der Waals surface area contributed by atoms with E-state index in [1.54, 1.807) is 0 Å². The van der Waals surface area contributed by atoms with Gasteiger partial charge in [-0.15, -0.1) is 11.3 Å². The molecule has 1 aromatic rings. The van der Waals surface area contributed by atoms with Crippen LogP contribution < -0.4 is 10.2 Å². The fraction of sp³-hybridized carbons (Fsp3) is 0.812. The third kappa shape index (κ3) is 5.15. The van der Waals surface area contributed by atoms with Crippen molar-refractivity contribution in [2.24, 2.45) is 5.92 Å². The maximum absolute atomic E-state index is 4.95. The molecule has 1 fully saturated rings. The molecule has 0 radical (unpaired) electrons. The second kappa shape index (κ2) is 8.39. The number of aryl methyl sites for hydroxylation is 1. The van der Waals surface area contributed by atoms with Crippen LogP contribution in [0.15, 0.2) is 0 Å².